The zero-order valence-corrected chi connectivity index (χ0v) is 14.9. The van der Waals surface area contributed by atoms with Crippen LogP contribution in [0.2, 0.25) is 0 Å². The van der Waals surface area contributed by atoms with Crippen molar-refractivity contribution in [3.8, 4) is 0 Å². The second-order valence-electron chi connectivity index (χ2n) is 6.87. The second-order valence-corrected chi connectivity index (χ2v) is 6.87. The Kier molecular flexibility index (Phi) is 4.71. The van der Waals surface area contributed by atoms with Gasteiger partial charge in [-0.3, -0.25) is 4.79 Å². The summed E-state index contributed by atoms with van der Waals surface area (Å²) in [5, 5.41) is 8.31. The molecule has 0 unspecified atom stereocenters. The second kappa shape index (κ2) is 7.29. The molecule has 1 amide bonds. The number of hydrogen-bond acceptors (Lipinski definition) is 5. The van der Waals surface area contributed by atoms with Gasteiger partial charge in [-0.1, -0.05) is 17.3 Å². The molecule has 1 saturated heterocycles. The molecular weight excluding hydrogens is 330 g/mol. The zero-order valence-electron chi connectivity index (χ0n) is 14.9. The molecule has 1 fully saturated rings. The van der Waals surface area contributed by atoms with E-state index < -0.39 is 0 Å². The van der Waals surface area contributed by atoms with Gasteiger partial charge >= 0.3 is 0 Å². The van der Waals surface area contributed by atoms with Gasteiger partial charge in [-0.05, 0) is 57.2 Å². The Hall–Kier alpha value is -2.67. The van der Waals surface area contributed by atoms with Crippen LogP contribution < -0.4 is 0 Å². The highest BCUT2D eigenvalue weighted by molar-refractivity contribution is 5.80. The van der Waals surface area contributed by atoms with E-state index in [2.05, 4.69) is 22.3 Å². The molecular formula is C19H23N5O2. The molecule has 1 aromatic carbocycles. The van der Waals surface area contributed by atoms with Gasteiger partial charge in [0, 0.05) is 6.04 Å². The Bertz CT molecular complexity index is 865. The van der Waals surface area contributed by atoms with E-state index in [1.165, 1.54) is 0 Å². The highest BCUT2D eigenvalue weighted by atomic mass is 16.3. The highest BCUT2D eigenvalue weighted by Crippen LogP contribution is 2.20. The highest BCUT2D eigenvalue weighted by Gasteiger charge is 2.28. The first-order chi connectivity index (χ1) is 12.7. The lowest BCUT2D eigenvalue weighted by Crippen LogP contribution is -2.47. The van der Waals surface area contributed by atoms with Crippen LogP contribution in [0.3, 0.4) is 0 Å². The molecule has 0 N–H and O–H groups in total. The topological polar surface area (TPSA) is 67.4 Å². The quantitative estimate of drug-likeness (QED) is 0.703. The molecule has 26 heavy (non-hydrogen) atoms. The lowest BCUT2D eigenvalue weighted by Gasteiger charge is -2.37. The summed E-state index contributed by atoms with van der Waals surface area (Å²) >= 11 is 0. The smallest absolute Gasteiger partial charge is 0.245 e. The number of amides is 1. The normalized spacial score (nSPS) is 16.2. The molecule has 0 atom stereocenters. The lowest BCUT2D eigenvalue weighted by molar-refractivity contribution is -0.136. The number of nitrogens with zero attached hydrogens (tertiary/aromatic N) is 5. The van der Waals surface area contributed by atoms with E-state index in [9.17, 15) is 4.79 Å². The summed E-state index contributed by atoms with van der Waals surface area (Å²) in [6.07, 6.45) is 3.60. The first-order valence-corrected chi connectivity index (χ1v) is 8.99. The Labute approximate surface area is 152 Å². The van der Waals surface area contributed by atoms with Crippen molar-refractivity contribution in [3.05, 3.63) is 48.4 Å². The van der Waals surface area contributed by atoms with Crippen LogP contribution in [0.4, 0.5) is 0 Å². The molecule has 4 rings (SSSR count). The number of fused-ring (bicyclic) bond motifs is 1. The van der Waals surface area contributed by atoms with Crippen molar-refractivity contribution in [1.82, 2.24) is 24.8 Å². The van der Waals surface area contributed by atoms with Crippen molar-refractivity contribution in [2.75, 3.05) is 20.1 Å². The van der Waals surface area contributed by atoms with Gasteiger partial charge in [0.25, 0.3) is 0 Å². The number of hydrogen-bond donors (Lipinski definition) is 0. The minimum absolute atomic E-state index is 0.0478. The van der Waals surface area contributed by atoms with Crippen LogP contribution in [-0.2, 0) is 17.9 Å². The van der Waals surface area contributed by atoms with Crippen LogP contribution in [0.5, 0.6) is 0 Å². The monoisotopic (exact) mass is 353 g/mol. The number of carbonyl (C=O) groups is 1. The summed E-state index contributed by atoms with van der Waals surface area (Å²) in [5.74, 6) is 0.854. The Morgan fingerprint density at radius 1 is 1.23 bits per heavy atom. The van der Waals surface area contributed by atoms with Crippen LogP contribution in [0.15, 0.2) is 47.1 Å². The summed E-state index contributed by atoms with van der Waals surface area (Å²) < 4.78 is 7.17. The lowest BCUT2D eigenvalue weighted by atomic mass is 10.0. The van der Waals surface area contributed by atoms with Crippen molar-refractivity contribution in [3.63, 3.8) is 0 Å². The molecule has 0 bridgehead atoms. The standard InChI is InChI=1S/C19H23N5O2/c1-22-10-8-15(9-11-22)23(13-16-5-4-12-26-16)19(25)14-24-18-7-3-2-6-17(18)20-21-24/h2-7,12,15H,8-11,13-14H2,1H3. The molecule has 7 heteroatoms. The number of likely N-dealkylation sites (tertiary alicyclic amines) is 1. The van der Waals surface area contributed by atoms with Gasteiger partial charge in [-0.25, -0.2) is 4.68 Å². The van der Waals surface area contributed by atoms with Crippen molar-refractivity contribution in [2.24, 2.45) is 0 Å². The van der Waals surface area contributed by atoms with Gasteiger partial charge in [-0.2, -0.15) is 0 Å². The maximum atomic E-state index is 13.1. The van der Waals surface area contributed by atoms with Crippen LogP contribution in [0.1, 0.15) is 18.6 Å². The summed E-state index contributed by atoms with van der Waals surface area (Å²) in [6, 6.07) is 11.7. The number of aromatic nitrogens is 3. The van der Waals surface area contributed by atoms with Gasteiger partial charge in [-0.15, -0.1) is 5.10 Å². The third kappa shape index (κ3) is 3.48. The molecule has 7 nitrogen and oxygen atoms in total. The van der Waals surface area contributed by atoms with Crippen LogP contribution in [-0.4, -0.2) is 56.9 Å². The average molecular weight is 353 g/mol. The Morgan fingerprint density at radius 2 is 2.04 bits per heavy atom. The summed E-state index contributed by atoms with van der Waals surface area (Å²) in [6.45, 7) is 2.68. The van der Waals surface area contributed by atoms with Crippen LogP contribution >= 0.6 is 0 Å². The summed E-state index contributed by atoms with van der Waals surface area (Å²) in [7, 11) is 2.12. The zero-order chi connectivity index (χ0) is 17.9. The molecule has 2 aromatic heterocycles. The molecule has 3 heterocycles. The molecule has 1 aliphatic rings. The first kappa shape index (κ1) is 16.8. The number of rotatable bonds is 5. The molecule has 1 aliphatic heterocycles. The molecule has 136 valence electrons. The molecule has 0 spiro atoms. The largest absolute Gasteiger partial charge is 0.467 e. The van der Waals surface area contributed by atoms with Crippen LogP contribution in [0.25, 0.3) is 11.0 Å². The average Bonchev–Trinajstić information content (AvgIpc) is 3.31. The van der Waals surface area contributed by atoms with Gasteiger partial charge in [0.2, 0.25) is 5.91 Å². The number of furan rings is 1. The van der Waals surface area contributed by atoms with E-state index in [0.29, 0.717) is 6.54 Å². The van der Waals surface area contributed by atoms with E-state index in [1.807, 2.05) is 41.3 Å². The van der Waals surface area contributed by atoms with Gasteiger partial charge in [0.15, 0.2) is 0 Å². The molecule has 3 aromatic rings. The van der Waals surface area contributed by atoms with E-state index in [1.54, 1.807) is 10.9 Å². The van der Waals surface area contributed by atoms with Gasteiger partial charge in [0.1, 0.15) is 17.8 Å². The fraction of sp³-hybridized carbons (Fsp3) is 0.421. The molecule has 0 saturated carbocycles. The number of para-hydroxylation sites is 1. The maximum absolute atomic E-state index is 13.1. The third-order valence-electron chi connectivity index (χ3n) is 5.06. The fourth-order valence-corrected chi connectivity index (χ4v) is 3.55. The number of carbonyl (C=O) groups excluding carboxylic acids is 1. The van der Waals surface area contributed by atoms with E-state index in [4.69, 9.17) is 4.42 Å². The van der Waals surface area contributed by atoms with E-state index in [0.717, 1.165) is 42.7 Å². The third-order valence-corrected chi connectivity index (χ3v) is 5.06. The van der Waals surface area contributed by atoms with Crippen LogP contribution in [0, 0.1) is 0 Å². The molecule has 0 aliphatic carbocycles. The first-order valence-electron chi connectivity index (χ1n) is 8.99. The Balaban J connectivity index is 1.55. The summed E-state index contributed by atoms with van der Waals surface area (Å²) in [4.78, 5) is 17.4. The maximum Gasteiger partial charge on any atom is 0.245 e. The van der Waals surface area contributed by atoms with E-state index >= 15 is 0 Å². The van der Waals surface area contributed by atoms with Crippen molar-refractivity contribution in [2.45, 2.75) is 32.0 Å². The predicted octanol–water partition coefficient (Wildman–Crippen LogP) is 2.15. The number of piperidine rings is 1. The Morgan fingerprint density at radius 3 is 2.81 bits per heavy atom. The van der Waals surface area contributed by atoms with Gasteiger partial charge in [0.05, 0.1) is 18.3 Å². The number of benzene rings is 1. The summed E-state index contributed by atoms with van der Waals surface area (Å²) in [5.41, 5.74) is 1.68. The predicted molar refractivity (Wildman–Crippen MR) is 97.3 cm³/mol. The minimum atomic E-state index is 0.0478. The van der Waals surface area contributed by atoms with Crippen molar-refractivity contribution >= 4 is 16.9 Å². The van der Waals surface area contributed by atoms with E-state index in [-0.39, 0.29) is 18.5 Å². The molecule has 0 radical (unpaired) electrons. The SMILES string of the molecule is CN1CCC(N(Cc2ccco2)C(=O)Cn2nnc3ccccc32)CC1. The fourth-order valence-electron chi connectivity index (χ4n) is 3.55. The van der Waals surface area contributed by atoms with Crippen molar-refractivity contribution in [1.29, 1.82) is 0 Å². The minimum Gasteiger partial charge on any atom is -0.467 e. The van der Waals surface area contributed by atoms with Crippen molar-refractivity contribution < 1.29 is 9.21 Å². The van der Waals surface area contributed by atoms with Gasteiger partial charge < -0.3 is 14.2 Å².